The lowest BCUT2D eigenvalue weighted by atomic mass is 10.2. The van der Waals surface area contributed by atoms with E-state index in [0.29, 0.717) is 5.56 Å². The summed E-state index contributed by atoms with van der Waals surface area (Å²) in [6.07, 6.45) is 1.73. The van der Waals surface area contributed by atoms with E-state index in [1.807, 2.05) is 20.2 Å². The molecule has 0 atom stereocenters. The molecule has 5 heteroatoms. The topological polar surface area (TPSA) is 36.4 Å². The van der Waals surface area contributed by atoms with Gasteiger partial charge in [-0.3, -0.25) is 4.79 Å². The fourth-order valence-corrected chi connectivity index (χ4v) is 2.33. The van der Waals surface area contributed by atoms with Crippen molar-refractivity contribution in [1.82, 2.24) is 14.8 Å². The molecule has 0 unspecified atom stereocenters. The molecule has 1 rings (SSSR count). The molecule has 1 amide bonds. The highest BCUT2D eigenvalue weighted by atomic mass is 32.2. The highest BCUT2D eigenvalue weighted by Gasteiger charge is 2.13. The standard InChI is InChI=1S/C12H19N3OS/c1-14(2)8-9-17-11-10(6-5-7-13-11)12(16)15(3)4/h5-7H,8-9H2,1-4H3. The van der Waals surface area contributed by atoms with E-state index in [1.165, 1.54) is 0 Å². The monoisotopic (exact) mass is 253 g/mol. The third-order valence-corrected chi connectivity index (χ3v) is 3.17. The molecule has 0 radical (unpaired) electrons. The minimum absolute atomic E-state index is 0.00505. The number of nitrogens with zero attached hydrogens (tertiary/aromatic N) is 3. The van der Waals surface area contributed by atoms with E-state index in [4.69, 9.17) is 0 Å². The number of rotatable bonds is 5. The van der Waals surface area contributed by atoms with Crippen molar-refractivity contribution in [2.24, 2.45) is 0 Å². The summed E-state index contributed by atoms with van der Waals surface area (Å²) in [7, 11) is 7.57. The van der Waals surface area contributed by atoms with Gasteiger partial charge >= 0.3 is 0 Å². The van der Waals surface area contributed by atoms with Crippen molar-refractivity contribution in [2.75, 3.05) is 40.5 Å². The van der Waals surface area contributed by atoms with Gasteiger partial charge < -0.3 is 9.80 Å². The highest BCUT2D eigenvalue weighted by molar-refractivity contribution is 7.99. The van der Waals surface area contributed by atoms with Crippen LogP contribution in [0.15, 0.2) is 23.4 Å². The first kappa shape index (κ1) is 14.0. The number of carbonyl (C=O) groups excluding carboxylic acids is 1. The molecule has 4 nitrogen and oxygen atoms in total. The summed E-state index contributed by atoms with van der Waals surface area (Å²) in [6.45, 7) is 0.969. The number of aromatic nitrogens is 1. The average Bonchev–Trinajstić information content (AvgIpc) is 2.28. The van der Waals surface area contributed by atoms with E-state index in [1.54, 1.807) is 43.0 Å². The van der Waals surface area contributed by atoms with Gasteiger partial charge in [-0.15, -0.1) is 11.8 Å². The number of thioether (sulfide) groups is 1. The summed E-state index contributed by atoms with van der Waals surface area (Å²) < 4.78 is 0. The van der Waals surface area contributed by atoms with Gasteiger partial charge in [-0.1, -0.05) is 0 Å². The zero-order chi connectivity index (χ0) is 12.8. The van der Waals surface area contributed by atoms with Crippen molar-refractivity contribution in [3.63, 3.8) is 0 Å². The first-order valence-electron chi connectivity index (χ1n) is 5.46. The van der Waals surface area contributed by atoms with Crippen LogP contribution in [-0.2, 0) is 0 Å². The van der Waals surface area contributed by atoms with Crippen LogP contribution in [0.4, 0.5) is 0 Å². The Kier molecular flexibility index (Phi) is 5.44. The molecule has 1 aromatic rings. The van der Waals surface area contributed by atoms with E-state index < -0.39 is 0 Å². The molecule has 0 fully saturated rings. The first-order valence-corrected chi connectivity index (χ1v) is 6.45. The van der Waals surface area contributed by atoms with Gasteiger partial charge in [0, 0.05) is 32.6 Å². The minimum Gasteiger partial charge on any atom is -0.345 e. The molecule has 0 aliphatic rings. The number of carbonyl (C=O) groups is 1. The Bertz CT molecular complexity index is 380. The lowest BCUT2D eigenvalue weighted by Crippen LogP contribution is -2.22. The smallest absolute Gasteiger partial charge is 0.256 e. The van der Waals surface area contributed by atoms with E-state index in [-0.39, 0.29) is 5.91 Å². The Hall–Kier alpha value is -1.07. The molecule has 0 saturated heterocycles. The van der Waals surface area contributed by atoms with Crippen LogP contribution < -0.4 is 0 Å². The van der Waals surface area contributed by atoms with Gasteiger partial charge in [-0.2, -0.15) is 0 Å². The lowest BCUT2D eigenvalue weighted by Gasteiger charge is -2.13. The number of amides is 1. The second-order valence-corrected chi connectivity index (χ2v) is 5.29. The molecule has 1 heterocycles. The molecule has 0 spiro atoms. The Labute approximate surface area is 107 Å². The van der Waals surface area contributed by atoms with Gasteiger partial charge in [-0.25, -0.2) is 4.98 Å². The molecule has 17 heavy (non-hydrogen) atoms. The molecule has 0 N–H and O–H groups in total. The maximum absolute atomic E-state index is 11.9. The van der Waals surface area contributed by atoms with Crippen molar-refractivity contribution in [1.29, 1.82) is 0 Å². The molecule has 0 saturated carbocycles. The lowest BCUT2D eigenvalue weighted by molar-refractivity contribution is 0.0823. The van der Waals surface area contributed by atoms with Crippen LogP contribution in [0.3, 0.4) is 0 Å². The Morgan fingerprint density at radius 3 is 2.65 bits per heavy atom. The fraction of sp³-hybridized carbons (Fsp3) is 0.500. The molecular weight excluding hydrogens is 234 g/mol. The van der Waals surface area contributed by atoms with Crippen LogP contribution in [0, 0.1) is 0 Å². The zero-order valence-electron chi connectivity index (χ0n) is 10.8. The maximum atomic E-state index is 11.9. The second-order valence-electron chi connectivity index (χ2n) is 4.21. The van der Waals surface area contributed by atoms with Crippen molar-refractivity contribution < 1.29 is 4.79 Å². The highest BCUT2D eigenvalue weighted by Crippen LogP contribution is 2.20. The molecule has 94 valence electrons. The normalized spacial score (nSPS) is 10.6. The Morgan fingerprint density at radius 2 is 2.06 bits per heavy atom. The summed E-state index contributed by atoms with van der Waals surface area (Å²) in [5, 5.41) is 0.813. The molecular formula is C12H19N3OS. The van der Waals surface area contributed by atoms with Crippen LogP contribution in [0.25, 0.3) is 0 Å². The Morgan fingerprint density at radius 1 is 1.35 bits per heavy atom. The van der Waals surface area contributed by atoms with Gasteiger partial charge in [-0.05, 0) is 26.2 Å². The van der Waals surface area contributed by atoms with Crippen molar-refractivity contribution >= 4 is 17.7 Å². The van der Waals surface area contributed by atoms with Crippen molar-refractivity contribution in [2.45, 2.75) is 5.03 Å². The second kappa shape index (κ2) is 6.61. The van der Waals surface area contributed by atoms with Gasteiger partial charge in [0.05, 0.1) is 5.56 Å². The van der Waals surface area contributed by atoms with Gasteiger partial charge in [0.1, 0.15) is 5.03 Å². The van der Waals surface area contributed by atoms with Crippen LogP contribution >= 0.6 is 11.8 Å². The summed E-state index contributed by atoms with van der Waals surface area (Å²) in [6, 6.07) is 3.63. The van der Waals surface area contributed by atoms with E-state index in [9.17, 15) is 4.79 Å². The minimum atomic E-state index is 0.00505. The van der Waals surface area contributed by atoms with E-state index in [2.05, 4.69) is 9.88 Å². The summed E-state index contributed by atoms with van der Waals surface area (Å²) in [5.74, 6) is 0.933. The van der Waals surface area contributed by atoms with Gasteiger partial charge in [0.2, 0.25) is 0 Å². The molecule has 0 bridgehead atoms. The average molecular weight is 253 g/mol. The molecule has 0 aromatic carbocycles. The molecule has 0 aliphatic heterocycles. The van der Waals surface area contributed by atoms with E-state index >= 15 is 0 Å². The fourth-order valence-electron chi connectivity index (χ4n) is 1.23. The third kappa shape index (κ3) is 4.36. The largest absolute Gasteiger partial charge is 0.345 e. The summed E-state index contributed by atoms with van der Waals surface area (Å²) in [5.41, 5.74) is 0.682. The van der Waals surface area contributed by atoms with Crippen molar-refractivity contribution in [3.05, 3.63) is 23.9 Å². The number of hydrogen-bond acceptors (Lipinski definition) is 4. The predicted octanol–water partition coefficient (Wildman–Crippen LogP) is 1.44. The predicted molar refractivity (Wildman–Crippen MR) is 71.5 cm³/mol. The molecule has 0 aliphatic carbocycles. The summed E-state index contributed by atoms with van der Waals surface area (Å²) >= 11 is 1.62. The van der Waals surface area contributed by atoms with Crippen LogP contribution in [0.2, 0.25) is 0 Å². The first-order chi connectivity index (χ1) is 8.02. The van der Waals surface area contributed by atoms with E-state index in [0.717, 1.165) is 17.3 Å². The molecule has 1 aromatic heterocycles. The number of pyridine rings is 1. The quantitative estimate of drug-likeness (QED) is 0.744. The Balaban J connectivity index is 2.74. The SMILES string of the molecule is CN(C)CCSc1ncccc1C(=O)N(C)C. The van der Waals surface area contributed by atoms with Crippen molar-refractivity contribution in [3.8, 4) is 0 Å². The van der Waals surface area contributed by atoms with Crippen LogP contribution in [0.5, 0.6) is 0 Å². The third-order valence-electron chi connectivity index (χ3n) is 2.19. The van der Waals surface area contributed by atoms with Crippen LogP contribution in [0.1, 0.15) is 10.4 Å². The maximum Gasteiger partial charge on any atom is 0.256 e. The van der Waals surface area contributed by atoms with Crippen LogP contribution in [-0.4, -0.2) is 61.2 Å². The van der Waals surface area contributed by atoms with Gasteiger partial charge in [0.25, 0.3) is 5.91 Å². The zero-order valence-corrected chi connectivity index (χ0v) is 11.6. The summed E-state index contributed by atoms with van der Waals surface area (Å²) in [4.78, 5) is 19.9. The van der Waals surface area contributed by atoms with Gasteiger partial charge in [0.15, 0.2) is 0 Å². The number of hydrogen-bond donors (Lipinski definition) is 0.